The molecule has 0 unspecified atom stereocenters. The molecular formula is C9H6F3IN2O. The van der Waals surface area contributed by atoms with Crippen molar-refractivity contribution in [1.82, 2.24) is 4.98 Å². The van der Waals surface area contributed by atoms with E-state index in [1.807, 2.05) is 22.6 Å². The van der Waals surface area contributed by atoms with Crippen molar-refractivity contribution in [1.29, 1.82) is 5.26 Å². The summed E-state index contributed by atoms with van der Waals surface area (Å²) in [6.45, 7) is 1.65. The largest absolute Gasteiger partial charge is 0.573 e. The fourth-order valence-corrected chi connectivity index (χ4v) is 1.67. The maximum Gasteiger partial charge on any atom is 0.573 e. The molecule has 16 heavy (non-hydrogen) atoms. The Balaban J connectivity index is 3.19. The molecule has 0 aliphatic rings. The number of alkyl halides is 3. The number of hydrogen-bond acceptors (Lipinski definition) is 3. The van der Waals surface area contributed by atoms with Crippen molar-refractivity contribution >= 4 is 22.6 Å². The van der Waals surface area contributed by atoms with E-state index in [2.05, 4.69) is 9.72 Å². The lowest BCUT2D eigenvalue weighted by atomic mass is 10.1. The minimum absolute atomic E-state index is 0.146. The SMILES string of the molecule is Cc1ncc(OC(F)(F)F)c(CC#N)c1I. The first-order valence-corrected chi connectivity index (χ1v) is 5.19. The summed E-state index contributed by atoms with van der Waals surface area (Å²) in [5, 5.41) is 8.55. The van der Waals surface area contributed by atoms with Gasteiger partial charge in [-0.15, -0.1) is 13.2 Å². The van der Waals surface area contributed by atoms with Crippen LogP contribution in [0.2, 0.25) is 0 Å². The molecule has 0 N–H and O–H groups in total. The molecule has 1 aromatic rings. The summed E-state index contributed by atoms with van der Waals surface area (Å²) in [6, 6.07) is 1.80. The van der Waals surface area contributed by atoms with Gasteiger partial charge in [-0.25, -0.2) is 0 Å². The Morgan fingerprint density at radius 3 is 2.69 bits per heavy atom. The average molecular weight is 342 g/mol. The van der Waals surface area contributed by atoms with Gasteiger partial charge in [0.2, 0.25) is 0 Å². The fraction of sp³-hybridized carbons (Fsp3) is 0.333. The molecule has 0 amide bonds. The summed E-state index contributed by atoms with van der Waals surface area (Å²) in [5.74, 6) is -0.413. The standard InChI is InChI=1S/C9H6F3IN2O/c1-5-8(13)6(2-3-14)7(4-15-5)16-9(10,11)12/h4H,2H2,1H3. The second-order valence-corrected chi connectivity index (χ2v) is 3.96. The number of aromatic nitrogens is 1. The number of hydrogen-bond donors (Lipinski definition) is 0. The molecule has 0 atom stereocenters. The number of pyridine rings is 1. The van der Waals surface area contributed by atoms with Crippen molar-refractivity contribution in [2.45, 2.75) is 19.7 Å². The minimum Gasteiger partial charge on any atom is -0.404 e. The molecule has 0 radical (unpaired) electrons. The highest BCUT2D eigenvalue weighted by molar-refractivity contribution is 14.1. The summed E-state index contributed by atoms with van der Waals surface area (Å²) in [7, 11) is 0. The number of nitrogens with zero attached hydrogens (tertiary/aromatic N) is 2. The highest BCUT2D eigenvalue weighted by atomic mass is 127. The van der Waals surface area contributed by atoms with E-state index in [1.165, 1.54) is 0 Å². The van der Waals surface area contributed by atoms with Crippen molar-refractivity contribution < 1.29 is 17.9 Å². The normalized spacial score (nSPS) is 11.0. The number of rotatable bonds is 2. The van der Waals surface area contributed by atoms with Crippen LogP contribution in [-0.4, -0.2) is 11.3 Å². The van der Waals surface area contributed by atoms with Gasteiger partial charge in [0.05, 0.1) is 24.4 Å². The van der Waals surface area contributed by atoms with Crippen molar-refractivity contribution in [3.05, 3.63) is 21.0 Å². The molecule has 0 aromatic carbocycles. The summed E-state index contributed by atoms with van der Waals surface area (Å²) >= 11 is 1.84. The van der Waals surface area contributed by atoms with Gasteiger partial charge in [0.15, 0.2) is 5.75 Å². The summed E-state index contributed by atoms with van der Waals surface area (Å²) < 4.78 is 40.5. The van der Waals surface area contributed by atoms with Crippen LogP contribution in [0.3, 0.4) is 0 Å². The van der Waals surface area contributed by atoms with Crippen LogP contribution in [0.4, 0.5) is 13.2 Å². The predicted octanol–water partition coefficient (Wildman–Crippen LogP) is 2.96. The first kappa shape index (κ1) is 13.0. The Morgan fingerprint density at radius 1 is 1.56 bits per heavy atom. The van der Waals surface area contributed by atoms with E-state index >= 15 is 0 Å². The first-order valence-electron chi connectivity index (χ1n) is 4.12. The summed E-state index contributed by atoms with van der Waals surface area (Å²) in [6.07, 6.45) is -3.94. The Morgan fingerprint density at radius 2 is 2.19 bits per heavy atom. The molecule has 1 rings (SSSR count). The van der Waals surface area contributed by atoms with Crippen LogP contribution in [0.25, 0.3) is 0 Å². The zero-order chi connectivity index (χ0) is 12.3. The number of aryl methyl sites for hydroxylation is 1. The Labute approximate surface area is 103 Å². The summed E-state index contributed by atoms with van der Waals surface area (Å²) in [5.41, 5.74) is 0.785. The second kappa shape index (κ2) is 4.86. The van der Waals surface area contributed by atoms with Gasteiger partial charge in [-0.05, 0) is 29.5 Å². The minimum atomic E-state index is -4.77. The van der Waals surface area contributed by atoms with Crippen molar-refractivity contribution in [3.8, 4) is 11.8 Å². The fourth-order valence-electron chi connectivity index (χ4n) is 1.07. The topological polar surface area (TPSA) is 45.9 Å². The molecule has 3 nitrogen and oxygen atoms in total. The Hall–Kier alpha value is -1.04. The third-order valence-electron chi connectivity index (χ3n) is 1.74. The molecule has 0 saturated carbocycles. The highest BCUT2D eigenvalue weighted by Crippen LogP contribution is 2.30. The van der Waals surface area contributed by atoms with Gasteiger partial charge in [-0.3, -0.25) is 4.98 Å². The van der Waals surface area contributed by atoms with E-state index in [0.29, 0.717) is 9.26 Å². The summed E-state index contributed by atoms with van der Waals surface area (Å²) in [4.78, 5) is 3.76. The van der Waals surface area contributed by atoms with Crippen molar-refractivity contribution in [2.75, 3.05) is 0 Å². The van der Waals surface area contributed by atoms with Crippen LogP contribution < -0.4 is 4.74 Å². The molecule has 0 fully saturated rings. The monoisotopic (exact) mass is 342 g/mol. The van der Waals surface area contributed by atoms with Crippen LogP contribution in [0, 0.1) is 21.8 Å². The quantitative estimate of drug-likeness (QED) is 0.777. The zero-order valence-corrected chi connectivity index (χ0v) is 10.3. The smallest absolute Gasteiger partial charge is 0.404 e. The maximum atomic E-state index is 12.1. The third-order valence-corrected chi connectivity index (χ3v) is 3.17. The molecule has 0 spiro atoms. The molecule has 0 aliphatic heterocycles. The lowest BCUT2D eigenvalue weighted by Crippen LogP contribution is -2.19. The van der Waals surface area contributed by atoms with Gasteiger partial charge in [-0.2, -0.15) is 5.26 Å². The van der Waals surface area contributed by atoms with Crippen LogP contribution in [0.15, 0.2) is 6.20 Å². The number of halogens is 4. The van der Waals surface area contributed by atoms with Gasteiger partial charge in [0.1, 0.15) is 0 Å². The van der Waals surface area contributed by atoms with Crippen LogP contribution in [-0.2, 0) is 6.42 Å². The van der Waals surface area contributed by atoms with Gasteiger partial charge in [0, 0.05) is 9.13 Å². The van der Waals surface area contributed by atoms with Crippen LogP contribution in [0.1, 0.15) is 11.3 Å². The third kappa shape index (κ3) is 3.23. The predicted molar refractivity (Wildman–Crippen MR) is 57.7 cm³/mol. The van der Waals surface area contributed by atoms with Gasteiger partial charge in [-0.1, -0.05) is 0 Å². The van der Waals surface area contributed by atoms with Gasteiger partial charge in [0.25, 0.3) is 0 Å². The van der Waals surface area contributed by atoms with E-state index in [1.54, 1.807) is 13.0 Å². The van der Waals surface area contributed by atoms with E-state index in [0.717, 1.165) is 6.20 Å². The number of nitriles is 1. The highest BCUT2D eigenvalue weighted by Gasteiger charge is 2.32. The molecule has 0 bridgehead atoms. The molecule has 1 aromatic heterocycles. The molecule has 86 valence electrons. The van der Waals surface area contributed by atoms with Gasteiger partial charge >= 0.3 is 6.36 Å². The van der Waals surface area contributed by atoms with Crippen LogP contribution in [0.5, 0.6) is 5.75 Å². The molecule has 0 aliphatic carbocycles. The molecular weight excluding hydrogens is 336 g/mol. The van der Waals surface area contributed by atoms with Gasteiger partial charge < -0.3 is 4.74 Å². The lowest BCUT2D eigenvalue weighted by molar-refractivity contribution is -0.275. The average Bonchev–Trinajstić information content (AvgIpc) is 2.15. The van der Waals surface area contributed by atoms with E-state index in [4.69, 9.17) is 5.26 Å². The van der Waals surface area contributed by atoms with E-state index in [9.17, 15) is 13.2 Å². The van der Waals surface area contributed by atoms with Crippen molar-refractivity contribution in [2.24, 2.45) is 0 Å². The maximum absolute atomic E-state index is 12.1. The second-order valence-electron chi connectivity index (χ2n) is 2.88. The Kier molecular flexibility index (Phi) is 3.96. The zero-order valence-electron chi connectivity index (χ0n) is 8.10. The van der Waals surface area contributed by atoms with Crippen LogP contribution >= 0.6 is 22.6 Å². The molecule has 7 heteroatoms. The lowest BCUT2D eigenvalue weighted by Gasteiger charge is -2.13. The van der Waals surface area contributed by atoms with E-state index in [-0.39, 0.29) is 12.0 Å². The number of ether oxygens (including phenoxy) is 1. The molecule has 1 heterocycles. The van der Waals surface area contributed by atoms with E-state index < -0.39 is 12.1 Å². The molecule has 0 saturated heterocycles. The Bertz CT molecular complexity index is 440. The van der Waals surface area contributed by atoms with Crippen molar-refractivity contribution in [3.63, 3.8) is 0 Å². The first-order chi connectivity index (χ1) is 7.35.